The number of rotatable bonds is 7. The van der Waals surface area contributed by atoms with Gasteiger partial charge in [0.05, 0.1) is 12.7 Å². The minimum Gasteiger partial charge on any atom is -0.391 e. The van der Waals surface area contributed by atoms with E-state index in [1.165, 1.54) is 13.3 Å². The first kappa shape index (κ1) is 14.9. The molecule has 110 valence electrons. The second kappa shape index (κ2) is 6.31. The van der Waals surface area contributed by atoms with Crippen molar-refractivity contribution < 1.29 is 18.3 Å². The third-order valence-electron chi connectivity index (χ3n) is 2.83. The van der Waals surface area contributed by atoms with Gasteiger partial charge in [0.15, 0.2) is 0 Å². The third-order valence-corrected chi connectivity index (χ3v) is 4.33. The highest BCUT2D eigenvalue weighted by molar-refractivity contribution is 7.89. The van der Waals surface area contributed by atoms with Gasteiger partial charge in [0, 0.05) is 31.4 Å². The van der Waals surface area contributed by atoms with Crippen LogP contribution < -0.4 is 4.72 Å². The first-order chi connectivity index (χ1) is 9.54. The van der Waals surface area contributed by atoms with Gasteiger partial charge >= 0.3 is 0 Å². The van der Waals surface area contributed by atoms with E-state index < -0.39 is 16.1 Å². The number of aliphatic hydroxyl groups excluding tert-OH is 1. The van der Waals surface area contributed by atoms with Gasteiger partial charge in [-0.1, -0.05) is 0 Å². The number of H-pyrrole nitrogens is 1. The highest BCUT2D eigenvalue weighted by Gasteiger charge is 2.19. The van der Waals surface area contributed by atoms with E-state index in [1.54, 1.807) is 18.3 Å². The Labute approximate surface area is 117 Å². The summed E-state index contributed by atoms with van der Waals surface area (Å²) in [4.78, 5) is 7.01. The van der Waals surface area contributed by atoms with Crippen LogP contribution in [0.3, 0.4) is 0 Å². The average molecular weight is 299 g/mol. The molecule has 3 N–H and O–H groups in total. The summed E-state index contributed by atoms with van der Waals surface area (Å²) in [6.45, 7) is 0.318. The molecule has 0 aliphatic rings. The number of hydrogen-bond acceptors (Lipinski definition) is 5. The molecule has 2 aromatic rings. The number of aromatic nitrogens is 2. The lowest BCUT2D eigenvalue weighted by atomic mass is 10.3. The fourth-order valence-electron chi connectivity index (χ4n) is 1.87. The summed E-state index contributed by atoms with van der Waals surface area (Å²) < 4.78 is 31.6. The minimum atomic E-state index is -3.63. The van der Waals surface area contributed by atoms with Gasteiger partial charge in [-0.3, -0.25) is 0 Å². The van der Waals surface area contributed by atoms with E-state index in [1.807, 2.05) is 0 Å². The lowest BCUT2D eigenvalue weighted by Crippen LogP contribution is -2.28. The van der Waals surface area contributed by atoms with Crippen LogP contribution in [0.4, 0.5) is 0 Å². The number of nitrogens with zero attached hydrogens (tertiary/aromatic N) is 1. The number of aliphatic hydroxyl groups is 1. The maximum Gasteiger partial charge on any atom is 0.242 e. The molecule has 0 aliphatic carbocycles. The Bertz CT molecular complexity index is 668. The highest BCUT2D eigenvalue weighted by Crippen LogP contribution is 2.20. The van der Waals surface area contributed by atoms with E-state index in [9.17, 15) is 13.5 Å². The van der Waals surface area contributed by atoms with Gasteiger partial charge in [-0.15, -0.1) is 0 Å². The second-order valence-corrected chi connectivity index (χ2v) is 6.08. The molecule has 0 fully saturated rings. The maximum absolute atomic E-state index is 12.2. The molecule has 0 saturated carbocycles. The Morgan fingerprint density at radius 1 is 1.55 bits per heavy atom. The van der Waals surface area contributed by atoms with Gasteiger partial charge in [-0.2, -0.15) is 0 Å². The van der Waals surface area contributed by atoms with Crippen LogP contribution >= 0.6 is 0 Å². The second-order valence-electron chi connectivity index (χ2n) is 4.35. The van der Waals surface area contributed by atoms with E-state index >= 15 is 0 Å². The van der Waals surface area contributed by atoms with Gasteiger partial charge in [0.25, 0.3) is 0 Å². The summed E-state index contributed by atoms with van der Waals surface area (Å²) in [6, 6.07) is 3.37. The van der Waals surface area contributed by atoms with E-state index in [0.717, 1.165) is 0 Å². The number of sulfonamides is 1. The summed E-state index contributed by atoms with van der Waals surface area (Å²) in [7, 11) is -2.15. The van der Waals surface area contributed by atoms with Gasteiger partial charge in [-0.05, 0) is 18.6 Å². The fraction of sp³-hybridized carbons (Fsp3) is 0.417. The molecule has 2 rings (SSSR count). The standard InChI is InChI=1S/C12H17N3O4S/c1-19-8-9(16)4-6-15-20(17,18)11-7-14-12-10(11)3-2-5-13-12/h2-3,5,7,9,15-16H,4,6,8H2,1H3,(H,13,14). The molecule has 8 heteroatoms. The number of methoxy groups -OCH3 is 1. The van der Waals surface area contributed by atoms with Crippen molar-refractivity contribution in [1.29, 1.82) is 0 Å². The predicted molar refractivity (Wildman–Crippen MR) is 73.8 cm³/mol. The molecule has 0 spiro atoms. The molecule has 2 heterocycles. The maximum atomic E-state index is 12.2. The van der Waals surface area contributed by atoms with Crippen molar-refractivity contribution in [2.24, 2.45) is 0 Å². The Hall–Kier alpha value is -1.48. The van der Waals surface area contributed by atoms with E-state index in [2.05, 4.69) is 14.7 Å². The zero-order valence-electron chi connectivity index (χ0n) is 11.0. The number of pyridine rings is 1. The quantitative estimate of drug-likeness (QED) is 0.679. The summed E-state index contributed by atoms with van der Waals surface area (Å²) in [6.07, 6.45) is 2.59. The van der Waals surface area contributed by atoms with Crippen LogP contribution in [-0.4, -0.2) is 49.9 Å². The summed E-state index contributed by atoms with van der Waals surface area (Å²) >= 11 is 0. The van der Waals surface area contributed by atoms with E-state index in [-0.39, 0.29) is 24.5 Å². The molecule has 0 saturated heterocycles. The van der Waals surface area contributed by atoms with Crippen LogP contribution in [0.1, 0.15) is 6.42 Å². The molecule has 1 unspecified atom stereocenters. The first-order valence-electron chi connectivity index (χ1n) is 6.13. The van der Waals surface area contributed by atoms with Gasteiger partial charge < -0.3 is 14.8 Å². The zero-order valence-corrected chi connectivity index (χ0v) is 11.9. The molecule has 20 heavy (non-hydrogen) atoms. The smallest absolute Gasteiger partial charge is 0.242 e. The van der Waals surface area contributed by atoms with Crippen LogP contribution in [0.5, 0.6) is 0 Å². The van der Waals surface area contributed by atoms with E-state index in [0.29, 0.717) is 11.0 Å². The van der Waals surface area contributed by atoms with Crippen LogP contribution in [0, 0.1) is 0 Å². The Balaban J connectivity index is 2.07. The average Bonchev–Trinajstić information content (AvgIpc) is 2.83. The predicted octanol–water partition coefficient (Wildman–Crippen LogP) is 0.239. The van der Waals surface area contributed by atoms with Crippen molar-refractivity contribution >= 4 is 21.1 Å². The Morgan fingerprint density at radius 3 is 3.10 bits per heavy atom. The van der Waals surface area contributed by atoms with Crippen LogP contribution in [0.15, 0.2) is 29.4 Å². The molecule has 0 aliphatic heterocycles. The molecule has 0 amide bonds. The molecule has 0 aromatic carbocycles. The van der Waals surface area contributed by atoms with Gasteiger partial charge in [0.2, 0.25) is 10.0 Å². The van der Waals surface area contributed by atoms with Crippen molar-refractivity contribution in [3.05, 3.63) is 24.5 Å². The normalized spacial score (nSPS) is 13.7. The number of fused-ring (bicyclic) bond motifs is 1. The minimum absolute atomic E-state index is 0.139. The lowest BCUT2D eigenvalue weighted by molar-refractivity contribution is 0.0603. The van der Waals surface area contributed by atoms with Crippen LogP contribution in [-0.2, 0) is 14.8 Å². The van der Waals surface area contributed by atoms with Crippen LogP contribution in [0.25, 0.3) is 11.0 Å². The van der Waals surface area contributed by atoms with Crippen molar-refractivity contribution in [2.45, 2.75) is 17.4 Å². The summed E-state index contributed by atoms with van der Waals surface area (Å²) in [5.74, 6) is 0. The molecular formula is C12H17N3O4S. The van der Waals surface area contributed by atoms with Crippen LogP contribution in [0.2, 0.25) is 0 Å². The molecule has 1 atom stereocenters. The fourth-order valence-corrected chi connectivity index (χ4v) is 3.08. The number of aromatic amines is 1. The number of nitrogens with one attached hydrogen (secondary N) is 2. The topological polar surface area (TPSA) is 104 Å². The van der Waals surface area contributed by atoms with Crippen molar-refractivity contribution in [3.63, 3.8) is 0 Å². The van der Waals surface area contributed by atoms with Crippen molar-refractivity contribution in [1.82, 2.24) is 14.7 Å². The highest BCUT2D eigenvalue weighted by atomic mass is 32.2. The first-order valence-corrected chi connectivity index (χ1v) is 7.61. The Morgan fingerprint density at radius 2 is 2.35 bits per heavy atom. The summed E-state index contributed by atoms with van der Waals surface area (Å²) in [5.41, 5.74) is 0.521. The van der Waals surface area contributed by atoms with Gasteiger partial charge in [-0.25, -0.2) is 18.1 Å². The van der Waals surface area contributed by atoms with Crippen molar-refractivity contribution in [2.75, 3.05) is 20.3 Å². The van der Waals surface area contributed by atoms with Gasteiger partial charge in [0.1, 0.15) is 10.5 Å². The largest absolute Gasteiger partial charge is 0.391 e. The van der Waals surface area contributed by atoms with Crippen molar-refractivity contribution in [3.8, 4) is 0 Å². The number of hydrogen-bond donors (Lipinski definition) is 3. The monoisotopic (exact) mass is 299 g/mol. The van der Waals surface area contributed by atoms with E-state index in [4.69, 9.17) is 4.74 Å². The number of ether oxygens (including phenoxy) is 1. The lowest BCUT2D eigenvalue weighted by Gasteiger charge is -2.10. The Kier molecular flexibility index (Phi) is 4.71. The SMILES string of the molecule is COCC(O)CCNS(=O)(=O)c1c[nH]c2ncccc12. The molecule has 0 bridgehead atoms. The molecule has 7 nitrogen and oxygen atoms in total. The molecular weight excluding hydrogens is 282 g/mol. The molecule has 0 radical (unpaired) electrons. The summed E-state index contributed by atoms with van der Waals surface area (Å²) in [5, 5.41) is 10.0. The molecule has 2 aromatic heterocycles. The third kappa shape index (κ3) is 3.34. The zero-order chi connectivity index (χ0) is 14.6.